The Bertz CT molecular complexity index is 1470. The molecule has 4 rings (SSSR count). The van der Waals surface area contributed by atoms with E-state index in [1.54, 1.807) is 24.4 Å². The fraction of sp³-hybridized carbons (Fsp3) is 0.333. The number of aromatic nitrogens is 5. The van der Waals surface area contributed by atoms with Crippen LogP contribution in [0.2, 0.25) is 5.02 Å². The molecule has 0 unspecified atom stereocenters. The number of aromatic amines is 1. The molecular weight excluding hydrogens is 520 g/mol. The Kier molecular flexibility index (Phi) is 7.62. The van der Waals surface area contributed by atoms with Crippen molar-refractivity contribution in [2.75, 3.05) is 10.8 Å². The Hall–Kier alpha value is -3.02. The van der Waals surface area contributed by atoms with E-state index in [0.29, 0.717) is 28.0 Å². The minimum Gasteiger partial charge on any atom is -0.487 e. The third-order valence-electron chi connectivity index (χ3n) is 5.49. The summed E-state index contributed by atoms with van der Waals surface area (Å²) in [5, 5.41) is 16.1. The first-order valence-corrected chi connectivity index (χ1v) is 14.0. The van der Waals surface area contributed by atoms with E-state index in [2.05, 4.69) is 25.6 Å². The molecule has 0 aliphatic carbocycles. The van der Waals surface area contributed by atoms with Crippen molar-refractivity contribution < 1.29 is 13.2 Å². The molecule has 2 aromatic heterocycles. The second-order valence-electron chi connectivity index (χ2n) is 8.93. The first-order valence-electron chi connectivity index (χ1n) is 11.3. The van der Waals surface area contributed by atoms with E-state index in [4.69, 9.17) is 16.3 Å². The molecular formula is C24H27ClN6O3S2. The topological polar surface area (TPSA) is 114 Å². The van der Waals surface area contributed by atoms with Crippen molar-refractivity contribution in [1.82, 2.24) is 25.6 Å². The Morgan fingerprint density at radius 1 is 1.14 bits per heavy atom. The number of benzene rings is 2. The first kappa shape index (κ1) is 26.1. The van der Waals surface area contributed by atoms with Crippen LogP contribution in [0.1, 0.15) is 36.2 Å². The van der Waals surface area contributed by atoms with Gasteiger partial charge in [-0.1, -0.05) is 37.6 Å². The van der Waals surface area contributed by atoms with Crippen LogP contribution in [0.25, 0.3) is 11.4 Å². The second kappa shape index (κ2) is 10.5. The lowest BCUT2D eigenvalue weighted by atomic mass is 10.1. The van der Waals surface area contributed by atoms with Gasteiger partial charge in [-0.2, -0.15) is 8.42 Å². The molecule has 0 saturated heterocycles. The highest BCUT2D eigenvalue weighted by molar-refractivity contribution is 7.94. The summed E-state index contributed by atoms with van der Waals surface area (Å²) < 4.78 is 35.0. The largest absolute Gasteiger partial charge is 0.487 e. The van der Waals surface area contributed by atoms with Gasteiger partial charge >= 0.3 is 0 Å². The van der Waals surface area contributed by atoms with Gasteiger partial charge in [0.15, 0.2) is 5.82 Å². The first-order chi connectivity index (χ1) is 17.1. The molecule has 2 aromatic carbocycles. The van der Waals surface area contributed by atoms with E-state index in [1.165, 1.54) is 4.31 Å². The summed E-state index contributed by atoms with van der Waals surface area (Å²) in [5.41, 5.74) is 4.61. The molecule has 0 spiro atoms. The van der Waals surface area contributed by atoms with Crippen LogP contribution in [-0.2, 0) is 16.6 Å². The van der Waals surface area contributed by atoms with E-state index in [-0.39, 0.29) is 23.4 Å². The predicted octanol–water partition coefficient (Wildman–Crippen LogP) is 5.33. The lowest BCUT2D eigenvalue weighted by molar-refractivity contribution is 0.306. The maximum atomic E-state index is 13.7. The molecule has 0 fully saturated rings. The number of rotatable bonds is 9. The molecule has 0 atom stereocenters. The second-order valence-corrected chi connectivity index (χ2v) is 12.2. The number of nitrogens with zero attached hydrogens (tertiary/aromatic N) is 5. The Morgan fingerprint density at radius 3 is 2.53 bits per heavy atom. The number of H-pyrrole nitrogens is 1. The van der Waals surface area contributed by atoms with Crippen molar-refractivity contribution in [3.05, 3.63) is 63.1 Å². The van der Waals surface area contributed by atoms with Crippen LogP contribution in [0.3, 0.4) is 0 Å². The molecule has 0 saturated carbocycles. The highest BCUT2D eigenvalue weighted by Gasteiger charge is 2.31. The minimum atomic E-state index is -3.91. The third-order valence-corrected chi connectivity index (χ3v) is 9.03. The summed E-state index contributed by atoms with van der Waals surface area (Å²) in [6.45, 7) is 9.99. The number of aryl methyl sites for hydroxylation is 3. The van der Waals surface area contributed by atoms with Crippen LogP contribution in [0.15, 0.2) is 40.1 Å². The summed E-state index contributed by atoms with van der Waals surface area (Å²) in [6.07, 6.45) is 0. The monoisotopic (exact) mass is 546 g/mol. The smallest absolute Gasteiger partial charge is 0.291 e. The van der Waals surface area contributed by atoms with Crippen molar-refractivity contribution >= 4 is 38.6 Å². The highest BCUT2D eigenvalue weighted by atomic mass is 35.5. The van der Waals surface area contributed by atoms with Gasteiger partial charge in [0.25, 0.3) is 10.0 Å². The van der Waals surface area contributed by atoms with Gasteiger partial charge in [-0.3, -0.25) is 4.31 Å². The minimum absolute atomic E-state index is 0.0487. The van der Waals surface area contributed by atoms with E-state index in [9.17, 15) is 8.42 Å². The molecule has 0 aliphatic heterocycles. The number of halogens is 1. The number of tetrazole rings is 1. The zero-order valence-corrected chi connectivity index (χ0v) is 23.0. The highest BCUT2D eigenvalue weighted by Crippen LogP contribution is 2.38. The van der Waals surface area contributed by atoms with Gasteiger partial charge in [0.05, 0.1) is 5.69 Å². The van der Waals surface area contributed by atoms with Crippen molar-refractivity contribution in [3.8, 4) is 17.1 Å². The Balaban J connectivity index is 1.70. The lowest BCUT2D eigenvalue weighted by Crippen LogP contribution is -2.34. The van der Waals surface area contributed by atoms with Gasteiger partial charge in [-0.15, -0.1) is 16.4 Å². The molecule has 2 heterocycles. The van der Waals surface area contributed by atoms with Crippen LogP contribution in [-0.4, -0.2) is 40.6 Å². The lowest BCUT2D eigenvalue weighted by Gasteiger charge is -2.27. The number of ether oxygens (including phenoxy) is 1. The summed E-state index contributed by atoms with van der Waals surface area (Å²) in [6, 6.07) is 9.22. The average Bonchev–Trinajstić information content (AvgIpc) is 3.51. The Morgan fingerprint density at radius 2 is 1.92 bits per heavy atom. The zero-order valence-electron chi connectivity index (χ0n) is 20.6. The molecule has 9 nitrogen and oxygen atoms in total. The van der Waals surface area contributed by atoms with Crippen LogP contribution in [0.4, 0.5) is 5.69 Å². The average molecular weight is 547 g/mol. The molecule has 0 amide bonds. The summed E-state index contributed by atoms with van der Waals surface area (Å²) in [5.74, 6) is 1.01. The van der Waals surface area contributed by atoms with E-state index in [1.807, 2.05) is 45.9 Å². The molecule has 0 bridgehead atoms. The molecule has 36 heavy (non-hydrogen) atoms. The van der Waals surface area contributed by atoms with Crippen molar-refractivity contribution in [2.45, 2.75) is 45.6 Å². The number of sulfonamides is 1. The van der Waals surface area contributed by atoms with Crippen molar-refractivity contribution in [2.24, 2.45) is 5.92 Å². The van der Waals surface area contributed by atoms with Crippen LogP contribution >= 0.6 is 22.9 Å². The molecule has 12 heteroatoms. The van der Waals surface area contributed by atoms with Crippen LogP contribution in [0.5, 0.6) is 5.75 Å². The fourth-order valence-corrected chi connectivity index (χ4v) is 6.52. The number of nitrogens with one attached hydrogen (secondary N) is 1. The number of thiazole rings is 1. The van der Waals surface area contributed by atoms with Crippen molar-refractivity contribution in [1.29, 1.82) is 0 Å². The van der Waals surface area contributed by atoms with Crippen LogP contribution in [0, 0.1) is 26.7 Å². The van der Waals surface area contributed by atoms with Crippen LogP contribution < -0.4 is 9.04 Å². The summed E-state index contributed by atoms with van der Waals surface area (Å²) in [4.78, 5) is 4.25. The Labute approximate surface area is 219 Å². The maximum Gasteiger partial charge on any atom is 0.291 e. The summed E-state index contributed by atoms with van der Waals surface area (Å²) in [7, 11) is -3.91. The normalized spacial score (nSPS) is 11.8. The fourth-order valence-electron chi connectivity index (χ4n) is 3.60. The van der Waals surface area contributed by atoms with Gasteiger partial charge in [0, 0.05) is 34.3 Å². The van der Waals surface area contributed by atoms with E-state index < -0.39 is 10.0 Å². The number of anilines is 1. The van der Waals surface area contributed by atoms with Gasteiger partial charge in [0.1, 0.15) is 12.4 Å². The SMILES string of the molecule is Cc1csc(S(=O)(=O)N(CC(C)C)c2cc(C)c(Cl)cc2OCc2ccc(-c3nnn[nH]3)cc2C)n1. The number of hydrogen-bond acceptors (Lipinski definition) is 8. The van der Waals surface area contributed by atoms with Gasteiger partial charge in [0.2, 0.25) is 4.34 Å². The third kappa shape index (κ3) is 5.53. The van der Waals surface area contributed by atoms with Gasteiger partial charge < -0.3 is 4.74 Å². The molecule has 190 valence electrons. The zero-order chi connectivity index (χ0) is 26.0. The molecule has 0 radical (unpaired) electrons. The standard InChI is InChI=1S/C24H27ClN6O3S2/c1-14(2)11-31(36(32,33)24-26-17(5)13-35-24)21-9-16(4)20(25)10-22(21)34-12-19-7-6-18(8-15(19)3)23-27-29-30-28-23/h6-10,13-14H,11-12H2,1-5H3,(H,27,28,29,30). The van der Waals surface area contributed by atoms with Crippen molar-refractivity contribution in [3.63, 3.8) is 0 Å². The van der Waals surface area contributed by atoms with Gasteiger partial charge in [-0.05, 0) is 65.9 Å². The quantitative estimate of drug-likeness (QED) is 0.301. The predicted molar refractivity (Wildman–Crippen MR) is 141 cm³/mol. The van der Waals surface area contributed by atoms with Gasteiger partial charge in [-0.25, -0.2) is 10.1 Å². The van der Waals surface area contributed by atoms with E-state index in [0.717, 1.165) is 33.6 Å². The molecule has 0 aliphatic rings. The molecule has 4 aromatic rings. The summed E-state index contributed by atoms with van der Waals surface area (Å²) >= 11 is 7.55. The molecule has 1 N–H and O–H groups in total. The number of hydrogen-bond donors (Lipinski definition) is 1. The van der Waals surface area contributed by atoms with E-state index >= 15 is 0 Å². The maximum absolute atomic E-state index is 13.7.